The third-order valence-electron chi connectivity index (χ3n) is 2.53. The highest BCUT2D eigenvalue weighted by Crippen LogP contribution is 2.25. The summed E-state index contributed by atoms with van der Waals surface area (Å²) in [5.74, 6) is 1.04. The fourth-order valence-corrected chi connectivity index (χ4v) is 1.48. The molecule has 1 amide bonds. The Hall–Kier alpha value is -1.51. The van der Waals surface area contributed by atoms with Crippen LogP contribution in [0, 0.1) is 0 Å². The highest BCUT2D eigenvalue weighted by Gasteiger charge is 2.15. The standard InChI is InChI=1S/C13H19NO2/c1-9(2)10-6-7-11(12(8-10)16-5)13(15)14(3)4/h6-9H,1-5H3. The fraction of sp³-hybridized carbons (Fsp3) is 0.462. The van der Waals surface area contributed by atoms with Crippen LogP contribution >= 0.6 is 0 Å². The Morgan fingerprint density at radius 1 is 1.31 bits per heavy atom. The molecule has 0 unspecified atom stereocenters. The van der Waals surface area contributed by atoms with Crippen LogP contribution in [0.2, 0.25) is 0 Å². The summed E-state index contributed by atoms with van der Waals surface area (Å²) in [6.07, 6.45) is 0. The summed E-state index contributed by atoms with van der Waals surface area (Å²) in [7, 11) is 5.06. The van der Waals surface area contributed by atoms with Crippen molar-refractivity contribution >= 4 is 5.91 Å². The Balaban J connectivity index is 3.17. The predicted octanol–water partition coefficient (Wildman–Crippen LogP) is 2.52. The zero-order valence-corrected chi connectivity index (χ0v) is 10.6. The molecule has 0 aliphatic carbocycles. The number of benzene rings is 1. The Bertz CT molecular complexity index is 384. The number of hydrogen-bond acceptors (Lipinski definition) is 2. The van der Waals surface area contributed by atoms with E-state index in [4.69, 9.17) is 4.74 Å². The molecule has 1 rings (SSSR count). The molecule has 1 aromatic rings. The first-order valence-electron chi connectivity index (χ1n) is 5.37. The van der Waals surface area contributed by atoms with E-state index in [0.29, 0.717) is 17.2 Å². The van der Waals surface area contributed by atoms with E-state index in [2.05, 4.69) is 13.8 Å². The van der Waals surface area contributed by atoms with Crippen LogP contribution in [0.5, 0.6) is 5.75 Å². The second kappa shape index (κ2) is 5.01. The third kappa shape index (κ3) is 2.54. The van der Waals surface area contributed by atoms with Gasteiger partial charge >= 0.3 is 0 Å². The van der Waals surface area contributed by atoms with E-state index >= 15 is 0 Å². The Morgan fingerprint density at radius 2 is 1.94 bits per heavy atom. The van der Waals surface area contributed by atoms with Crippen molar-refractivity contribution in [3.05, 3.63) is 29.3 Å². The van der Waals surface area contributed by atoms with Crippen LogP contribution in [0.15, 0.2) is 18.2 Å². The molecule has 0 N–H and O–H groups in total. The SMILES string of the molecule is COc1cc(C(C)C)ccc1C(=O)N(C)C. The number of ether oxygens (including phenoxy) is 1. The largest absolute Gasteiger partial charge is 0.496 e. The first-order chi connectivity index (χ1) is 7.47. The van der Waals surface area contributed by atoms with E-state index in [-0.39, 0.29) is 5.91 Å². The zero-order valence-electron chi connectivity index (χ0n) is 10.6. The third-order valence-corrected chi connectivity index (χ3v) is 2.53. The van der Waals surface area contributed by atoms with Gasteiger partial charge in [0.05, 0.1) is 12.7 Å². The molecule has 0 saturated heterocycles. The van der Waals surface area contributed by atoms with Gasteiger partial charge in [0.25, 0.3) is 5.91 Å². The van der Waals surface area contributed by atoms with Crippen molar-refractivity contribution in [1.29, 1.82) is 0 Å². The molecule has 0 bridgehead atoms. The number of carbonyl (C=O) groups is 1. The van der Waals surface area contributed by atoms with Crippen LogP contribution in [0.25, 0.3) is 0 Å². The van der Waals surface area contributed by atoms with Gasteiger partial charge in [-0.1, -0.05) is 19.9 Å². The predicted molar refractivity (Wildman–Crippen MR) is 65.1 cm³/mol. The molecule has 0 fully saturated rings. The molecule has 0 aliphatic heterocycles. The van der Waals surface area contributed by atoms with Gasteiger partial charge in [-0.3, -0.25) is 4.79 Å². The summed E-state index contributed by atoms with van der Waals surface area (Å²) in [6.45, 7) is 4.23. The fourth-order valence-electron chi connectivity index (χ4n) is 1.48. The van der Waals surface area contributed by atoms with Gasteiger partial charge in [-0.2, -0.15) is 0 Å². The van der Waals surface area contributed by atoms with Crippen molar-refractivity contribution in [2.75, 3.05) is 21.2 Å². The van der Waals surface area contributed by atoms with Crippen LogP contribution in [0.4, 0.5) is 0 Å². The molecule has 3 heteroatoms. The van der Waals surface area contributed by atoms with Gasteiger partial charge in [0.1, 0.15) is 5.75 Å². The summed E-state index contributed by atoms with van der Waals surface area (Å²) >= 11 is 0. The molecule has 3 nitrogen and oxygen atoms in total. The lowest BCUT2D eigenvalue weighted by molar-refractivity contribution is 0.0824. The molecule has 0 spiro atoms. The van der Waals surface area contributed by atoms with Gasteiger partial charge in [-0.15, -0.1) is 0 Å². The quantitative estimate of drug-likeness (QED) is 0.785. The van der Waals surface area contributed by atoms with Crippen molar-refractivity contribution in [3.63, 3.8) is 0 Å². The lowest BCUT2D eigenvalue weighted by Crippen LogP contribution is -2.22. The maximum absolute atomic E-state index is 11.9. The van der Waals surface area contributed by atoms with Gasteiger partial charge < -0.3 is 9.64 Å². The number of amides is 1. The van der Waals surface area contributed by atoms with E-state index < -0.39 is 0 Å². The van der Waals surface area contributed by atoms with Crippen LogP contribution in [0.3, 0.4) is 0 Å². The molecular weight excluding hydrogens is 202 g/mol. The van der Waals surface area contributed by atoms with E-state index in [0.717, 1.165) is 0 Å². The van der Waals surface area contributed by atoms with Crippen LogP contribution < -0.4 is 4.74 Å². The molecule has 88 valence electrons. The second-order valence-electron chi connectivity index (χ2n) is 4.31. The minimum Gasteiger partial charge on any atom is -0.496 e. The van der Waals surface area contributed by atoms with Crippen LogP contribution in [0.1, 0.15) is 35.7 Å². The number of hydrogen-bond donors (Lipinski definition) is 0. The van der Waals surface area contributed by atoms with E-state index in [1.807, 2.05) is 18.2 Å². The van der Waals surface area contributed by atoms with Gasteiger partial charge in [-0.05, 0) is 23.6 Å². The highest BCUT2D eigenvalue weighted by molar-refractivity contribution is 5.96. The number of nitrogens with zero attached hydrogens (tertiary/aromatic N) is 1. The maximum Gasteiger partial charge on any atom is 0.257 e. The molecule has 0 aliphatic rings. The molecule has 0 heterocycles. The lowest BCUT2D eigenvalue weighted by Gasteiger charge is -2.15. The summed E-state index contributed by atoms with van der Waals surface area (Å²) in [5.41, 5.74) is 1.78. The molecule has 0 saturated carbocycles. The van der Waals surface area contributed by atoms with Crippen molar-refractivity contribution in [3.8, 4) is 5.75 Å². The minimum atomic E-state index is -0.0350. The van der Waals surface area contributed by atoms with Gasteiger partial charge in [0.15, 0.2) is 0 Å². The highest BCUT2D eigenvalue weighted by atomic mass is 16.5. The monoisotopic (exact) mass is 221 g/mol. The number of methoxy groups -OCH3 is 1. The van der Waals surface area contributed by atoms with Crippen LogP contribution in [-0.2, 0) is 0 Å². The average Bonchev–Trinajstić information content (AvgIpc) is 2.26. The van der Waals surface area contributed by atoms with Crippen molar-refractivity contribution in [2.24, 2.45) is 0 Å². The first-order valence-corrected chi connectivity index (χ1v) is 5.37. The van der Waals surface area contributed by atoms with Crippen molar-refractivity contribution in [1.82, 2.24) is 4.90 Å². The van der Waals surface area contributed by atoms with E-state index in [9.17, 15) is 4.79 Å². The molecule has 16 heavy (non-hydrogen) atoms. The molecular formula is C13H19NO2. The maximum atomic E-state index is 11.9. The van der Waals surface area contributed by atoms with Crippen LogP contribution in [-0.4, -0.2) is 32.0 Å². The molecule has 0 atom stereocenters. The second-order valence-corrected chi connectivity index (χ2v) is 4.31. The summed E-state index contributed by atoms with van der Waals surface area (Å²) in [6, 6.07) is 5.74. The molecule has 1 aromatic carbocycles. The number of carbonyl (C=O) groups excluding carboxylic acids is 1. The summed E-state index contributed by atoms with van der Waals surface area (Å²) in [4.78, 5) is 13.4. The van der Waals surface area contributed by atoms with Gasteiger partial charge in [0.2, 0.25) is 0 Å². The minimum absolute atomic E-state index is 0.0350. The van der Waals surface area contributed by atoms with Gasteiger partial charge in [0, 0.05) is 14.1 Å². The summed E-state index contributed by atoms with van der Waals surface area (Å²) < 4.78 is 5.26. The van der Waals surface area contributed by atoms with E-state index in [1.54, 1.807) is 26.1 Å². The zero-order chi connectivity index (χ0) is 12.3. The normalized spacial score (nSPS) is 10.4. The smallest absolute Gasteiger partial charge is 0.257 e. The topological polar surface area (TPSA) is 29.5 Å². The van der Waals surface area contributed by atoms with Gasteiger partial charge in [-0.25, -0.2) is 0 Å². The Kier molecular flexibility index (Phi) is 3.93. The number of rotatable bonds is 3. The summed E-state index contributed by atoms with van der Waals surface area (Å²) in [5, 5.41) is 0. The Labute approximate surface area is 97.0 Å². The molecule has 0 radical (unpaired) electrons. The van der Waals surface area contributed by atoms with Crippen molar-refractivity contribution in [2.45, 2.75) is 19.8 Å². The first kappa shape index (κ1) is 12.6. The Morgan fingerprint density at radius 3 is 2.38 bits per heavy atom. The lowest BCUT2D eigenvalue weighted by atomic mass is 10.0. The van der Waals surface area contributed by atoms with Crippen molar-refractivity contribution < 1.29 is 9.53 Å². The average molecular weight is 221 g/mol. The molecule has 0 aromatic heterocycles. The van der Waals surface area contributed by atoms with E-state index in [1.165, 1.54) is 5.56 Å².